The second kappa shape index (κ2) is 2.45. The molecule has 1 heterocycles. The van der Waals surface area contributed by atoms with Gasteiger partial charge in [-0.1, -0.05) is 11.6 Å². The Bertz CT molecular complexity index is 236. The molecule has 4 heteroatoms. The van der Waals surface area contributed by atoms with Crippen LogP contribution in [0.25, 0.3) is 0 Å². The standard InChI is InChI=1S/C8H11ClO3/c1-8(2)11-5-3-4(9)6(10)7(5)12-8/h3,5-7,10H,1-2H3/t5-,6+,7-/m1/s1. The molecule has 0 aromatic rings. The molecule has 0 spiro atoms. The van der Waals surface area contributed by atoms with E-state index in [1.807, 2.05) is 13.8 Å². The van der Waals surface area contributed by atoms with Gasteiger partial charge in [0.15, 0.2) is 5.79 Å². The lowest BCUT2D eigenvalue weighted by Crippen LogP contribution is -2.29. The van der Waals surface area contributed by atoms with E-state index in [0.717, 1.165) is 0 Å². The molecule has 3 atom stereocenters. The Kier molecular flexibility index (Phi) is 1.74. The fourth-order valence-corrected chi connectivity index (χ4v) is 1.85. The second-order valence-corrected chi connectivity index (χ2v) is 4.00. The van der Waals surface area contributed by atoms with Gasteiger partial charge in [-0.2, -0.15) is 0 Å². The molecule has 0 aromatic heterocycles. The van der Waals surface area contributed by atoms with E-state index in [1.54, 1.807) is 6.08 Å². The number of rotatable bonds is 0. The van der Waals surface area contributed by atoms with Crippen LogP contribution < -0.4 is 0 Å². The maximum Gasteiger partial charge on any atom is 0.164 e. The molecule has 0 saturated carbocycles. The van der Waals surface area contributed by atoms with Crippen molar-refractivity contribution in [2.45, 2.75) is 37.9 Å². The Labute approximate surface area is 75.9 Å². The van der Waals surface area contributed by atoms with Crippen LogP contribution >= 0.6 is 11.6 Å². The minimum atomic E-state index is -0.724. The normalized spacial score (nSPS) is 44.3. The van der Waals surface area contributed by atoms with Gasteiger partial charge in [-0.3, -0.25) is 0 Å². The lowest BCUT2D eigenvalue weighted by molar-refractivity contribution is -0.152. The van der Waals surface area contributed by atoms with Crippen molar-refractivity contribution in [1.82, 2.24) is 0 Å². The summed E-state index contributed by atoms with van der Waals surface area (Å²) < 4.78 is 10.9. The molecule has 2 aliphatic rings. The lowest BCUT2D eigenvalue weighted by Gasteiger charge is -2.18. The summed E-state index contributed by atoms with van der Waals surface area (Å²) in [7, 11) is 0. The van der Waals surface area contributed by atoms with Crippen molar-refractivity contribution in [1.29, 1.82) is 0 Å². The fraction of sp³-hybridized carbons (Fsp3) is 0.750. The van der Waals surface area contributed by atoms with Crippen LogP contribution in [0.4, 0.5) is 0 Å². The van der Waals surface area contributed by atoms with Gasteiger partial charge in [-0.05, 0) is 19.9 Å². The van der Waals surface area contributed by atoms with Gasteiger partial charge in [-0.15, -0.1) is 0 Å². The van der Waals surface area contributed by atoms with Crippen LogP contribution in [-0.2, 0) is 9.47 Å². The number of hydrogen-bond acceptors (Lipinski definition) is 3. The first-order valence-electron chi connectivity index (χ1n) is 3.90. The monoisotopic (exact) mass is 190 g/mol. The van der Waals surface area contributed by atoms with Gasteiger partial charge in [0.05, 0.1) is 0 Å². The first kappa shape index (κ1) is 8.51. The number of aliphatic hydroxyl groups is 1. The molecule has 1 saturated heterocycles. The van der Waals surface area contributed by atoms with Crippen LogP contribution in [0.1, 0.15) is 13.8 Å². The van der Waals surface area contributed by atoms with Crippen LogP contribution in [0.3, 0.4) is 0 Å². The summed E-state index contributed by atoms with van der Waals surface area (Å²) in [5, 5.41) is 9.91. The number of hydrogen-bond donors (Lipinski definition) is 1. The quantitative estimate of drug-likeness (QED) is 0.620. The summed E-state index contributed by atoms with van der Waals surface area (Å²) in [6.45, 7) is 3.64. The lowest BCUT2D eigenvalue weighted by atomic mass is 10.2. The highest BCUT2D eigenvalue weighted by molar-refractivity contribution is 6.30. The zero-order chi connectivity index (χ0) is 8.93. The summed E-state index contributed by atoms with van der Waals surface area (Å²) in [5.41, 5.74) is 0. The van der Waals surface area contributed by atoms with Crippen LogP contribution in [-0.4, -0.2) is 29.2 Å². The summed E-state index contributed by atoms with van der Waals surface area (Å²) in [5.74, 6) is -0.607. The van der Waals surface area contributed by atoms with Gasteiger partial charge in [0.1, 0.15) is 18.3 Å². The average molecular weight is 191 g/mol. The Hall–Kier alpha value is -0.0900. The zero-order valence-electron chi connectivity index (χ0n) is 6.95. The van der Waals surface area contributed by atoms with Gasteiger partial charge >= 0.3 is 0 Å². The predicted molar refractivity (Wildman–Crippen MR) is 43.8 cm³/mol. The largest absolute Gasteiger partial charge is 0.385 e. The molecule has 1 fully saturated rings. The van der Waals surface area contributed by atoms with Gasteiger partial charge in [0.25, 0.3) is 0 Å². The van der Waals surface area contributed by atoms with Crippen molar-refractivity contribution < 1.29 is 14.6 Å². The molecule has 1 aliphatic carbocycles. The highest BCUT2D eigenvalue weighted by atomic mass is 35.5. The molecule has 1 N–H and O–H groups in total. The smallest absolute Gasteiger partial charge is 0.164 e. The Morgan fingerprint density at radius 2 is 2.17 bits per heavy atom. The highest BCUT2D eigenvalue weighted by Gasteiger charge is 2.48. The molecule has 0 unspecified atom stereocenters. The molecule has 1 aliphatic heterocycles. The highest BCUT2D eigenvalue weighted by Crippen LogP contribution is 2.38. The van der Waals surface area contributed by atoms with E-state index in [4.69, 9.17) is 21.1 Å². The molecule has 68 valence electrons. The number of halogens is 1. The van der Waals surface area contributed by atoms with Crippen molar-refractivity contribution in [2.24, 2.45) is 0 Å². The predicted octanol–water partition coefficient (Wildman–Crippen LogP) is 1.00. The third-order valence-electron chi connectivity index (χ3n) is 2.08. The molecule has 0 bridgehead atoms. The second-order valence-electron chi connectivity index (χ2n) is 3.56. The topological polar surface area (TPSA) is 38.7 Å². The molecule has 0 amide bonds. The third-order valence-corrected chi connectivity index (χ3v) is 2.43. The van der Waals surface area contributed by atoms with E-state index >= 15 is 0 Å². The van der Waals surface area contributed by atoms with Gasteiger partial charge in [0.2, 0.25) is 0 Å². The number of ether oxygens (including phenoxy) is 2. The number of aliphatic hydroxyl groups excluding tert-OH is 1. The Morgan fingerprint density at radius 1 is 1.50 bits per heavy atom. The van der Waals surface area contributed by atoms with E-state index < -0.39 is 11.9 Å². The van der Waals surface area contributed by atoms with E-state index in [0.29, 0.717) is 5.03 Å². The summed E-state index contributed by atoms with van der Waals surface area (Å²) in [6, 6.07) is 0. The van der Waals surface area contributed by atoms with Gasteiger partial charge in [0, 0.05) is 5.03 Å². The van der Waals surface area contributed by atoms with E-state index in [-0.39, 0.29) is 12.2 Å². The van der Waals surface area contributed by atoms with Crippen molar-refractivity contribution in [3.05, 3.63) is 11.1 Å². The Balaban J connectivity index is 2.19. The first-order chi connectivity index (χ1) is 5.49. The zero-order valence-corrected chi connectivity index (χ0v) is 7.71. The number of fused-ring (bicyclic) bond motifs is 1. The third kappa shape index (κ3) is 1.17. The van der Waals surface area contributed by atoms with Gasteiger partial charge < -0.3 is 14.6 Å². The van der Waals surface area contributed by atoms with Gasteiger partial charge in [-0.25, -0.2) is 0 Å². The molecule has 0 aromatic carbocycles. The minimum Gasteiger partial charge on any atom is -0.385 e. The molecule has 2 rings (SSSR count). The molecule has 12 heavy (non-hydrogen) atoms. The molecule has 3 nitrogen and oxygen atoms in total. The molecule has 0 radical (unpaired) electrons. The van der Waals surface area contributed by atoms with E-state index in [2.05, 4.69) is 0 Å². The molecular weight excluding hydrogens is 180 g/mol. The SMILES string of the molecule is CC1(C)O[C@@H]2[C@@H](C=C(Cl)[C@@H]2O)O1. The summed E-state index contributed by atoms with van der Waals surface area (Å²) in [4.78, 5) is 0. The summed E-state index contributed by atoms with van der Waals surface area (Å²) >= 11 is 5.71. The fourth-order valence-electron chi connectivity index (χ4n) is 1.60. The first-order valence-corrected chi connectivity index (χ1v) is 4.28. The van der Waals surface area contributed by atoms with Crippen molar-refractivity contribution in [3.63, 3.8) is 0 Å². The van der Waals surface area contributed by atoms with Crippen molar-refractivity contribution >= 4 is 11.6 Å². The van der Waals surface area contributed by atoms with E-state index in [9.17, 15) is 5.11 Å². The minimum absolute atomic E-state index is 0.192. The van der Waals surface area contributed by atoms with Crippen molar-refractivity contribution in [2.75, 3.05) is 0 Å². The Morgan fingerprint density at radius 3 is 2.75 bits per heavy atom. The van der Waals surface area contributed by atoms with E-state index in [1.165, 1.54) is 0 Å². The van der Waals surface area contributed by atoms with Crippen LogP contribution in [0.2, 0.25) is 0 Å². The summed E-state index contributed by atoms with van der Waals surface area (Å²) in [6.07, 6.45) is 0.458. The maximum atomic E-state index is 9.49. The van der Waals surface area contributed by atoms with Crippen LogP contribution in [0.5, 0.6) is 0 Å². The van der Waals surface area contributed by atoms with Crippen LogP contribution in [0.15, 0.2) is 11.1 Å². The maximum absolute atomic E-state index is 9.49. The average Bonchev–Trinajstić information content (AvgIpc) is 2.33. The molecular formula is C8H11ClO3. The van der Waals surface area contributed by atoms with Crippen molar-refractivity contribution in [3.8, 4) is 0 Å². The van der Waals surface area contributed by atoms with Crippen LogP contribution in [0, 0.1) is 0 Å².